The Hall–Kier alpha value is -2.83. The zero-order valence-corrected chi connectivity index (χ0v) is 24.7. The van der Waals surface area contributed by atoms with Crippen molar-refractivity contribution >= 4 is 17.9 Å². The van der Waals surface area contributed by atoms with Crippen LogP contribution < -0.4 is 0 Å². The Kier molecular flexibility index (Phi) is 7.38. The molecule has 1 heterocycles. The number of rotatable bonds is 5. The van der Waals surface area contributed by atoms with Crippen LogP contribution in [-0.2, 0) is 28.5 Å². The molecular weight excluding hydrogens is 548 g/mol. The van der Waals surface area contributed by atoms with Crippen molar-refractivity contribution in [1.82, 2.24) is 0 Å². The Morgan fingerprint density at radius 1 is 1.02 bits per heavy atom. The van der Waals surface area contributed by atoms with Gasteiger partial charge in [-0.15, -0.1) is 0 Å². The van der Waals surface area contributed by atoms with Crippen molar-refractivity contribution in [2.45, 2.75) is 102 Å². The van der Waals surface area contributed by atoms with Gasteiger partial charge in [0.15, 0.2) is 11.7 Å². The number of hydrogen-bond donors (Lipinski definition) is 4. The number of ether oxygens (including phenoxy) is 4. The first kappa shape index (κ1) is 30.6. The van der Waals surface area contributed by atoms with Crippen LogP contribution in [0.5, 0.6) is 0 Å². The number of carbonyl (C=O) groups excluding carboxylic acids is 3. The number of benzene rings is 1. The van der Waals surface area contributed by atoms with Gasteiger partial charge >= 0.3 is 17.9 Å². The van der Waals surface area contributed by atoms with E-state index in [1.165, 1.54) is 27.7 Å². The van der Waals surface area contributed by atoms with Crippen LogP contribution in [0.4, 0.5) is 0 Å². The van der Waals surface area contributed by atoms with Crippen LogP contribution in [0.15, 0.2) is 41.5 Å². The fourth-order valence-electron chi connectivity index (χ4n) is 8.27. The number of esters is 3. The molecule has 1 aromatic rings. The Bertz CT molecular complexity index is 1300. The van der Waals surface area contributed by atoms with Gasteiger partial charge in [0.05, 0.1) is 41.3 Å². The van der Waals surface area contributed by atoms with Crippen molar-refractivity contribution in [3.63, 3.8) is 0 Å². The molecule has 0 aromatic heterocycles. The predicted octanol–water partition coefficient (Wildman–Crippen LogP) is 1.44. The van der Waals surface area contributed by atoms with E-state index < -0.39 is 82.5 Å². The average Bonchev–Trinajstić information content (AvgIpc) is 3.14. The van der Waals surface area contributed by atoms with Gasteiger partial charge in [-0.2, -0.15) is 0 Å². The van der Waals surface area contributed by atoms with E-state index in [1.807, 2.05) is 0 Å². The van der Waals surface area contributed by atoms with Crippen LogP contribution in [0, 0.1) is 16.7 Å². The quantitative estimate of drug-likeness (QED) is 0.223. The average molecular weight is 589 g/mol. The summed E-state index contributed by atoms with van der Waals surface area (Å²) in [6.07, 6.45) is -7.96. The number of hydrogen-bond acceptors (Lipinski definition) is 11. The number of carbonyl (C=O) groups is 3. The van der Waals surface area contributed by atoms with Gasteiger partial charge in [-0.05, 0) is 50.5 Å². The lowest BCUT2D eigenvalue weighted by Crippen LogP contribution is -2.78. The largest absolute Gasteiger partial charge is 0.457 e. The van der Waals surface area contributed by atoms with E-state index in [-0.39, 0.29) is 30.6 Å². The van der Waals surface area contributed by atoms with Gasteiger partial charge in [0.1, 0.15) is 18.3 Å². The minimum absolute atomic E-state index is 0.0281. The summed E-state index contributed by atoms with van der Waals surface area (Å²) in [5.74, 6) is -3.34. The second kappa shape index (κ2) is 10.1. The summed E-state index contributed by atoms with van der Waals surface area (Å²) in [6, 6.07) is 8.18. The zero-order valence-electron chi connectivity index (χ0n) is 24.7. The molecule has 2 saturated carbocycles. The topological polar surface area (TPSA) is 169 Å². The lowest BCUT2D eigenvalue weighted by molar-refractivity contribution is -0.351. The smallest absolute Gasteiger partial charge is 0.338 e. The Morgan fingerprint density at radius 2 is 1.67 bits per heavy atom. The number of aliphatic hydroxyl groups is 4. The summed E-state index contributed by atoms with van der Waals surface area (Å²) in [4.78, 5) is 39.0. The molecule has 4 N–H and O–H groups in total. The first-order valence-corrected chi connectivity index (χ1v) is 14.2. The molecule has 4 aliphatic rings. The van der Waals surface area contributed by atoms with Crippen molar-refractivity contribution in [3.8, 4) is 0 Å². The zero-order chi connectivity index (χ0) is 31.0. The van der Waals surface area contributed by atoms with E-state index in [1.54, 1.807) is 44.2 Å². The van der Waals surface area contributed by atoms with Crippen LogP contribution in [0.2, 0.25) is 0 Å². The van der Waals surface area contributed by atoms with Gasteiger partial charge in [0.25, 0.3) is 0 Å². The van der Waals surface area contributed by atoms with Gasteiger partial charge in [0.2, 0.25) is 0 Å². The first-order chi connectivity index (χ1) is 19.5. The van der Waals surface area contributed by atoms with E-state index in [0.29, 0.717) is 5.57 Å². The molecule has 3 fully saturated rings. The lowest BCUT2D eigenvalue weighted by atomic mass is 9.49. The standard InChI is InChI=1S/C31H40O11/c1-15-19(34)13-30(28(4,5)38)22(15)23(40-16(2)32)25(36)29(6)20(35)12-21-31(14-39-21,42-17(3)33)24(29)26(30)41-27(37)18-10-8-7-9-11-18/h7-11,19-21,23-26,34-36,38H,12-14H2,1-6H3/t19-,20?,21?,23-,24-,25-,26-,29?,30?,31-/m0/s1. The molecule has 10 atom stereocenters. The van der Waals surface area contributed by atoms with E-state index in [2.05, 4.69) is 0 Å². The first-order valence-electron chi connectivity index (χ1n) is 14.2. The van der Waals surface area contributed by atoms with E-state index in [9.17, 15) is 34.8 Å². The number of fused-ring (bicyclic) bond motifs is 4. The maximum Gasteiger partial charge on any atom is 0.338 e. The van der Waals surface area contributed by atoms with Crippen LogP contribution in [-0.4, -0.2) is 92.8 Å². The highest BCUT2D eigenvalue weighted by molar-refractivity contribution is 5.89. The van der Waals surface area contributed by atoms with Crippen LogP contribution in [0.3, 0.4) is 0 Å². The molecule has 4 unspecified atom stereocenters. The Labute approximate surface area is 244 Å². The second-order valence-corrected chi connectivity index (χ2v) is 13.0. The van der Waals surface area contributed by atoms with E-state index in [0.717, 1.165) is 0 Å². The summed E-state index contributed by atoms with van der Waals surface area (Å²) < 4.78 is 24.0. The molecule has 11 nitrogen and oxygen atoms in total. The second-order valence-electron chi connectivity index (χ2n) is 13.0. The molecule has 42 heavy (non-hydrogen) atoms. The van der Waals surface area contributed by atoms with Gasteiger partial charge in [-0.25, -0.2) is 4.79 Å². The highest BCUT2D eigenvalue weighted by atomic mass is 16.6. The minimum atomic E-state index is -1.77. The molecule has 1 aromatic carbocycles. The van der Waals surface area contributed by atoms with Crippen LogP contribution >= 0.6 is 0 Å². The van der Waals surface area contributed by atoms with Gasteiger partial charge in [0, 0.05) is 25.7 Å². The van der Waals surface area contributed by atoms with Crippen molar-refractivity contribution in [1.29, 1.82) is 0 Å². The Balaban J connectivity index is 1.87. The highest BCUT2D eigenvalue weighted by Gasteiger charge is 2.79. The fourth-order valence-corrected chi connectivity index (χ4v) is 8.27. The van der Waals surface area contributed by atoms with Crippen molar-refractivity contribution in [2.75, 3.05) is 6.61 Å². The molecule has 0 amide bonds. The molecule has 1 saturated heterocycles. The molecule has 5 rings (SSSR count). The van der Waals surface area contributed by atoms with Gasteiger partial charge in [-0.1, -0.05) is 25.1 Å². The van der Waals surface area contributed by atoms with Crippen molar-refractivity contribution in [3.05, 3.63) is 47.0 Å². The van der Waals surface area contributed by atoms with Crippen LogP contribution in [0.1, 0.15) is 64.7 Å². The molecule has 0 spiro atoms. The third-order valence-corrected chi connectivity index (χ3v) is 10.3. The molecular formula is C31H40O11. The molecule has 0 bridgehead atoms. The maximum atomic E-state index is 13.8. The monoisotopic (exact) mass is 588 g/mol. The minimum Gasteiger partial charge on any atom is -0.457 e. The Morgan fingerprint density at radius 3 is 2.19 bits per heavy atom. The summed E-state index contributed by atoms with van der Waals surface area (Å²) in [7, 11) is 0. The predicted molar refractivity (Wildman–Crippen MR) is 146 cm³/mol. The molecule has 1 aliphatic heterocycles. The normalized spacial score (nSPS) is 41.0. The SMILES string of the molecule is CC(=O)O[C@H]1C2=C(C)[C@@H](O)CC2(C(C)(C)O)[C@@H](OC(=O)c2ccccc2)[C@H]2C(C)(C(O)CC3OC[C@]32OC(C)=O)[C@H]1O. The van der Waals surface area contributed by atoms with Gasteiger partial charge < -0.3 is 39.4 Å². The summed E-state index contributed by atoms with van der Waals surface area (Å²) >= 11 is 0. The maximum absolute atomic E-state index is 13.8. The summed E-state index contributed by atoms with van der Waals surface area (Å²) in [5.41, 5.74) is -5.82. The summed E-state index contributed by atoms with van der Waals surface area (Å²) in [5, 5.41) is 47.4. The molecule has 11 heteroatoms. The fraction of sp³-hybridized carbons (Fsp3) is 0.645. The van der Waals surface area contributed by atoms with Gasteiger partial charge in [-0.3, -0.25) is 9.59 Å². The van der Waals surface area contributed by atoms with E-state index in [4.69, 9.17) is 18.9 Å². The third-order valence-electron chi connectivity index (χ3n) is 10.3. The van der Waals surface area contributed by atoms with Crippen molar-refractivity contribution in [2.24, 2.45) is 16.7 Å². The molecule has 230 valence electrons. The van der Waals surface area contributed by atoms with Crippen LogP contribution in [0.25, 0.3) is 0 Å². The van der Waals surface area contributed by atoms with E-state index >= 15 is 0 Å². The lowest BCUT2D eigenvalue weighted by Gasteiger charge is -2.65. The van der Waals surface area contributed by atoms with Crippen molar-refractivity contribution < 1.29 is 53.8 Å². The summed E-state index contributed by atoms with van der Waals surface area (Å²) in [6.45, 7) is 8.45. The number of aliphatic hydroxyl groups excluding tert-OH is 3. The third kappa shape index (κ3) is 4.16. The molecule has 3 aliphatic carbocycles. The highest BCUT2D eigenvalue weighted by Crippen LogP contribution is 2.68. The molecule has 0 radical (unpaired) electrons.